The maximum atomic E-state index is 10.4. The summed E-state index contributed by atoms with van der Waals surface area (Å²) in [5, 5.41) is 14.1. The van der Waals surface area contributed by atoms with E-state index in [1.807, 2.05) is 0 Å². The first-order valence-corrected chi connectivity index (χ1v) is 6.81. The maximum Gasteiger partial charge on any atom is 0.0617 e. The van der Waals surface area contributed by atoms with Gasteiger partial charge in [-0.1, -0.05) is 30.3 Å². The molecular formula is C15H19NO. The van der Waals surface area contributed by atoms with E-state index in [0.717, 1.165) is 18.4 Å². The zero-order valence-electron chi connectivity index (χ0n) is 9.92. The van der Waals surface area contributed by atoms with Crippen molar-refractivity contribution in [2.24, 2.45) is 23.7 Å². The van der Waals surface area contributed by atoms with Crippen LogP contribution in [0.1, 0.15) is 24.4 Å². The number of benzene rings is 1. The highest BCUT2D eigenvalue weighted by atomic mass is 16.3. The zero-order chi connectivity index (χ0) is 11.4. The lowest BCUT2D eigenvalue weighted by molar-refractivity contribution is -0.00425. The zero-order valence-corrected chi connectivity index (χ0v) is 9.92. The van der Waals surface area contributed by atoms with Crippen molar-refractivity contribution in [3.05, 3.63) is 35.9 Å². The molecule has 1 aromatic rings. The SMILES string of the molecule is OC1C2CC3CNC(c4ccccc4)C1C3C2. The van der Waals surface area contributed by atoms with Gasteiger partial charge < -0.3 is 10.4 Å². The molecule has 6 atom stereocenters. The lowest BCUT2D eigenvalue weighted by Crippen LogP contribution is -2.49. The van der Waals surface area contributed by atoms with E-state index in [-0.39, 0.29) is 6.10 Å². The summed E-state index contributed by atoms with van der Waals surface area (Å²) in [5.41, 5.74) is 1.35. The second-order valence-corrected chi connectivity index (χ2v) is 6.02. The van der Waals surface area contributed by atoms with Crippen LogP contribution >= 0.6 is 0 Å². The predicted octanol–water partition coefficient (Wildman–Crippen LogP) is 1.96. The largest absolute Gasteiger partial charge is 0.392 e. The Hall–Kier alpha value is -0.860. The van der Waals surface area contributed by atoms with Crippen molar-refractivity contribution < 1.29 is 5.11 Å². The molecule has 4 rings (SSSR count). The molecule has 2 bridgehead atoms. The predicted molar refractivity (Wildman–Crippen MR) is 66.4 cm³/mol. The highest BCUT2D eigenvalue weighted by Crippen LogP contribution is 2.57. The summed E-state index contributed by atoms with van der Waals surface area (Å²) < 4.78 is 0. The third-order valence-electron chi connectivity index (χ3n) is 5.30. The van der Waals surface area contributed by atoms with Gasteiger partial charge in [-0.3, -0.25) is 0 Å². The molecule has 0 amide bonds. The highest BCUT2D eigenvalue weighted by molar-refractivity contribution is 5.23. The topological polar surface area (TPSA) is 32.3 Å². The van der Waals surface area contributed by atoms with Crippen LogP contribution in [0, 0.1) is 23.7 Å². The van der Waals surface area contributed by atoms with Gasteiger partial charge in [-0.15, -0.1) is 0 Å². The van der Waals surface area contributed by atoms with E-state index in [9.17, 15) is 5.11 Å². The van der Waals surface area contributed by atoms with Gasteiger partial charge in [-0.05, 0) is 42.7 Å². The fourth-order valence-corrected chi connectivity index (χ4v) is 4.61. The monoisotopic (exact) mass is 229 g/mol. The quantitative estimate of drug-likeness (QED) is 0.771. The van der Waals surface area contributed by atoms with Gasteiger partial charge in [0.15, 0.2) is 0 Å². The summed E-state index contributed by atoms with van der Waals surface area (Å²) in [6.45, 7) is 1.14. The average molecular weight is 229 g/mol. The Bertz CT molecular complexity index is 418. The second-order valence-electron chi connectivity index (χ2n) is 6.02. The summed E-state index contributed by atoms with van der Waals surface area (Å²) in [7, 11) is 0. The van der Waals surface area contributed by atoms with Crippen molar-refractivity contribution in [2.45, 2.75) is 25.0 Å². The molecule has 1 saturated heterocycles. The van der Waals surface area contributed by atoms with E-state index >= 15 is 0 Å². The van der Waals surface area contributed by atoms with Crippen molar-refractivity contribution in [3.63, 3.8) is 0 Å². The molecule has 1 aromatic carbocycles. The minimum Gasteiger partial charge on any atom is -0.392 e. The molecule has 6 unspecified atom stereocenters. The number of hydrogen-bond donors (Lipinski definition) is 2. The van der Waals surface area contributed by atoms with Crippen LogP contribution in [0.4, 0.5) is 0 Å². The number of rotatable bonds is 1. The minimum absolute atomic E-state index is 0.0748. The van der Waals surface area contributed by atoms with E-state index in [0.29, 0.717) is 17.9 Å². The average Bonchev–Trinajstić information content (AvgIpc) is 2.93. The third-order valence-corrected chi connectivity index (χ3v) is 5.30. The Morgan fingerprint density at radius 1 is 1.06 bits per heavy atom. The molecule has 0 aromatic heterocycles. The van der Waals surface area contributed by atoms with Crippen LogP contribution in [-0.4, -0.2) is 17.8 Å². The number of aliphatic hydroxyl groups excluding tert-OH is 1. The standard InChI is InChI=1S/C15H19NO/c17-15-10-6-11-8-16-14(13(15)12(11)7-10)9-4-2-1-3-5-9/h1-5,10-17H,6-8H2. The fraction of sp³-hybridized carbons (Fsp3) is 0.600. The molecule has 0 spiro atoms. The third kappa shape index (κ3) is 1.34. The van der Waals surface area contributed by atoms with E-state index in [1.165, 1.54) is 18.4 Å². The number of nitrogens with one attached hydrogen (secondary N) is 1. The van der Waals surface area contributed by atoms with Gasteiger partial charge in [-0.25, -0.2) is 0 Å². The van der Waals surface area contributed by atoms with Crippen LogP contribution in [0.2, 0.25) is 0 Å². The molecule has 2 nitrogen and oxygen atoms in total. The van der Waals surface area contributed by atoms with Gasteiger partial charge in [0, 0.05) is 12.0 Å². The van der Waals surface area contributed by atoms with Gasteiger partial charge in [0.25, 0.3) is 0 Å². The Morgan fingerprint density at radius 3 is 2.65 bits per heavy atom. The Balaban J connectivity index is 1.70. The minimum atomic E-state index is -0.0748. The Kier molecular flexibility index (Phi) is 2.12. The lowest BCUT2D eigenvalue weighted by Gasteiger charge is -2.44. The fourth-order valence-electron chi connectivity index (χ4n) is 4.61. The van der Waals surface area contributed by atoms with E-state index in [4.69, 9.17) is 0 Å². The molecule has 3 aliphatic rings. The maximum absolute atomic E-state index is 10.4. The summed E-state index contributed by atoms with van der Waals surface area (Å²) >= 11 is 0. The molecule has 17 heavy (non-hydrogen) atoms. The van der Waals surface area contributed by atoms with Gasteiger partial charge in [0.2, 0.25) is 0 Å². The van der Waals surface area contributed by atoms with Crippen molar-refractivity contribution in [2.75, 3.05) is 6.54 Å². The second kappa shape index (κ2) is 3.56. The number of aliphatic hydroxyl groups is 1. The van der Waals surface area contributed by atoms with Gasteiger partial charge in [0.05, 0.1) is 6.10 Å². The lowest BCUT2D eigenvalue weighted by atomic mass is 9.70. The molecule has 1 heterocycles. The van der Waals surface area contributed by atoms with Gasteiger partial charge >= 0.3 is 0 Å². The molecule has 2 saturated carbocycles. The Morgan fingerprint density at radius 2 is 1.88 bits per heavy atom. The van der Waals surface area contributed by atoms with Crippen LogP contribution in [0.5, 0.6) is 0 Å². The van der Waals surface area contributed by atoms with Crippen molar-refractivity contribution >= 4 is 0 Å². The van der Waals surface area contributed by atoms with Gasteiger partial charge in [0.1, 0.15) is 0 Å². The van der Waals surface area contributed by atoms with Crippen LogP contribution in [0.15, 0.2) is 30.3 Å². The first-order chi connectivity index (χ1) is 8.34. The van der Waals surface area contributed by atoms with E-state index in [1.54, 1.807) is 0 Å². The molecule has 2 N–H and O–H groups in total. The highest BCUT2D eigenvalue weighted by Gasteiger charge is 2.56. The summed E-state index contributed by atoms with van der Waals surface area (Å²) in [6, 6.07) is 11.0. The molecule has 2 heteroatoms. The van der Waals surface area contributed by atoms with Crippen molar-refractivity contribution in [1.29, 1.82) is 0 Å². The number of fused-ring (bicyclic) bond motifs is 1. The first-order valence-electron chi connectivity index (χ1n) is 6.81. The van der Waals surface area contributed by atoms with Crippen LogP contribution in [-0.2, 0) is 0 Å². The first kappa shape index (κ1) is 10.1. The van der Waals surface area contributed by atoms with E-state index < -0.39 is 0 Å². The normalized spacial score (nSPS) is 47.4. The van der Waals surface area contributed by atoms with Crippen LogP contribution in [0.25, 0.3) is 0 Å². The van der Waals surface area contributed by atoms with Crippen molar-refractivity contribution in [1.82, 2.24) is 5.32 Å². The number of piperidine rings is 1. The van der Waals surface area contributed by atoms with Crippen molar-refractivity contribution in [3.8, 4) is 0 Å². The van der Waals surface area contributed by atoms with Crippen LogP contribution < -0.4 is 5.32 Å². The molecule has 3 fully saturated rings. The molecule has 2 aliphatic carbocycles. The Labute approximate surface area is 102 Å². The van der Waals surface area contributed by atoms with E-state index in [2.05, 4.69) is 35.6 Å². The molecule has 90 valence electrons. The molecule has 0 radical (unpaired) electrons. The van der Waals surface area contributed by atoms with Crippen LogP contribution in [0.3, 0.4) is 0 Å². The molecular weight excluding hydrogens is 210 g/mol. The van der Waals surface area contributed by atoms with Gasteiger partial charge in [-0.2, -0.15) is 0 Å². The molecule has 1 aliphatic heterocycles. The summed E-state index contributed by atoms with van der Waals surface area (Å²) in [5.74, 6) is 2.63. The smallest absolute Gasteiger partial charge is 0.0617 e. The number of hydrogen-bond acceptors (Lipinski definition) is 2. The summed E-state index contributed by atoms with van der Waals surface area (Å²) in [6.07, 6.45) is 2.44. The summed E-state index contributed by atoms with van der Waals surface area (Å²) in [4.78, 5) is 0.